The molecule has 0 saturated carbocycles. The lowest BCUT2D eigenvalue weighted by molar-refractivity contribution is -0.127. The van der Waals surface area contributed by atoms with Gasteiger partial charge in [0.15, 0.2) is 0 Å². The Kier molecular flexibility index (Phi) is 4.40. The Morgan fingerprint density at radius 2 is 2.18 bits per heavy atom. The van der Waals surface area contributed by atoms with E-state index in [1.165, 1.54) is 6.42 Å². The van der Waals surface area contributed by atoms with Gasteiger partial charge in [-0.15, -0.1) is 0 Å². The number of aliphatic hydroxyl groups is 1. The van der Waals surface area contributed by atoms with Crippen molar-refractivity contribution in [2.75, 3.05) is 32.7 Å². The van der Waals surface area contributed by atoms with Crippen LogP contribution in [0.15, 0.2) is 0 Å². The molecule has 2 rings (SSSR count). The minimum absolute atomic E-state index is 0.203. The van der Waals surface area contributed by atoms with Crippen molar-refractivity contribution in [1.82, 2.24) is 9.80 Å². The number of aliphatic hydroxyl groups excluding tert-OH is 1. The van der Waals surface area contributed by atoms with E-state index >= 15 is 0 Å². The number of likely N-dealkylation sites (tertiary alicyclic amines) is 2. The summed E-state index contributed by atoms with van der Waals surface area (Å²) < 4.78 is 0. The lowest BCUT2D eigenvalue weighted by Crippen LogP contribution is -2.43. The molecular formula is C13H24N2O2. The van der Waals surface area contributed by atoms with Crippen LogP contribution in [0.1, 0.15) is 32.6 Å². The summed E-state index contributed by atoms with van der Waals surface area (Å²) in [6, 6.07) is 0. The minimum Gasteiger partial charge on any atom is -0.393 e. The molecule has 0 spiro atoms. The number of carbonyl (C=O) groups excluding carboxylic acids is 1. The van der Waals surface area contributed by atoms with Gasteiger partial charge in [-0.05, 0) is 38.6 Å². The summed E-state index contributed by atoms with van der Waals surface area (Å²) >= 11 is 0. The minimum atomic E-state index is -0.203. The maximum absolute atomic E-state index is 11.5. The summed E-state index contributed by atoms with van der Waals surface area (Å²) in [5.41, 5.74) is 0. The van der Waals surface area contributed by atoms with E-state index in [1.54, 1.807) is 0 Å². The zero-order chi connectivity index (χ0) is 12.3. The first kappa shape index (κ1) is 12.8. The molecule has 0 aromatic rings. The molecule has 2 aliphatic heterocycles. The second-order valence-corrected chi connectivity index (χ2v) is 5.43. The number of hydrogen-bond acceptors (Lipinski definition) is 3. The van der Waals surface area contributed by atoms with Gasteiger partial charge in [-0.3, -0.25) is 4.79 Å². The first-order chi connectivity index (χ1) is 8.16. The molecule has 2 unspecified atom stereocenters. The monoisotopic (exact) mass is 240 g/mol. The van der Waals surface area contributed by atoms with Crippen molar-refractivity contribution in [2.24, 2.45) is 5.92 Å². The highest BCUT2D eigenvalue weighted by Gasteiger charge is 2.25. The van der Waals surface area contributed by atoms with Gasteiger partial charge >= 0.3 is 0 Å². The fraction of sp³-hybridized carbons (Fsp3) is 0.923. The third-order valence-corrected chi connectivity index (χ3v) is 4.08. The number of carbonyl (C=O) groups is 1. The predicted octanol–water partition coefficient (Wildman–Crippen LogP) is 0.702. The summed E-state index contributed by atoms with van der Waals surface area (Å²) in [7, 11) is 0. The quantitative estimate of drug-likeness (QED) is 0.787. The highest BCUT2D eigenvalue weighted by molar-refractivity contribution is 5.78. The van der Waals surface area contributed by atoms with Crippen LogP contribution in [-0.4, -0.2) is 59.6 Å². The Morgan fingerprint density at radius 1 is 1.35 bits per heavy atom. The normalized spacial score (nSPS) is 28.7. The number of hydrogen-bond donors (Lipinski definition) is 1. The van der Waals surface area contributed by atoms with E-state index in [9.17, 15) is 9.90 Å². The summed E-state index contributed by atoms with van der Waals surface area (Å²) in [4.78, 5) is 15.9. The van der Waals surface area contributed by atoms with E-state index in [4.69, 9.17) is 0 Å². The largest absolute Gasteiger partial charge is 0.393 e. The maximum atomic E-state index is 11.5. The van der Waals surface area contributed by atoms with Crippen LogP contribution in [0, 0.1) is 5.92 Å². The van der Waals surface area contributed by atoms with Gasteiger partial charge in [-0.1, -0.05) is 0 Å². The van der Waals surface area contributed by atoms with Crippen molar-refractivity contribution in [2.45, 2.75) is 38.7 Å². The highest BCUT2D eigenvalue weighted by Crippen LogP contribution is 2.19. The molecular weight excluding hydrogens is 216 g/mol. The summed E-state index contributed by atoms with van der Waals surface area (Å²) in [6.07, 6.45) is 3.86. The average Bonchev–Trinajstić information content (AvgIpc) is 2.72. The molecule has 17 heavy (non-hydrogen) atoms. The van der Waals surface area contributed by atoms with Crippen LogP contribution < -0.4 is 0 Å². The van der Waals surface area contributed by atoms with Gasteiger partial charge in [0.1, 0.15) is 0 Å². The van der Waals surface area contributed by atoms with E-state index in [2.05, 4.69) is 4.90 Å². The van der Waals surface area contributed by atoms with Crippen LogP contribution in [0.5, 0.6) is 0 Å². The Bertz CT molecular complexity index is 268. The van der Waals surface area contributed by atoms with Crippen LogP contribution in [0.2, 0.25) is 0 Å². The number of nitrogens with zero attached hydrogens (tertiary/aromatic N) is 2. The highest BCUT2D eigenvalue weighted by atomic mass is 16.3. The second-order valence-electron chi connectivity index (χ2n) is 5.43. The molecule has 0 aromatic carbocycles. The van der Waals surface area contributed by atoms with Gasteiger partial charge in [0.2, 0.25) is 5.91 Å². The van der Waals surface area contributed by atoms with Crippen LogP contribution in [0.25, 0.3) is 0 Å². The van der Waals surface area contributed by atoms with E-state index in [1.807, 2.05) is 11.8 Å². The van der Waals surface area contributed by atoms with Crippen LogP contribution in [0.3, 0.4) is 0 Å². The number of piperidine rings is 1. The first-order valence-corrected chi connectivity index (χ1v) is 6.85. The maximum Gasteiger partial charge on any atom is 0.222 e. The molecule has 4 heteroatoms. The molecule has 1 amide bonds. The van der Waals surface area contributed by atoms with E-state index in [-0.39, 0.29) is 6.10 Å². The molecule has 4 nitrogen and oxygen atoms in total. The van der Waals surface area contributed by atoms with Gasteiger partial charge in [-0.2, -0.15) is 0 Å². The van der Waals surface area contributed by atoms with Crippen LogP contribution >= 0.6 is 0 Å². The van der Waals surface area contributed by atoms with Crippen molar-refractivity contribution in [1.29, 1.82) is 0 Å². The zero-order valence-corrected chi connectivity index (χ0v) is 10.8. The molecule has 1 N–H and O–H groups in total. The summed E-state index contributed by atoms with van der Waals surface area (Å²) in [5.74, 6) is 0.729. The van der Waals surface area contributed by atoms with Crippen molar-refractivity contribution < 1.29 is 9.90 Å². The molecule has 2 heterocycles. The SMILES string of the molecule is CC(O)C1CCCN(CCN2CCCC2=O)C1. The standard InChI is InChI=1S/C13H24N2O2/c1-11(16)12-4-2-6-14(10-12)8-9-15-7-3-5-13(15)17/h11-12,16H,2-10H2,1H3. The van der Waals surface area contributed by atoms with Gasteiger partial charge in [0, 0.05) is 32.6 Å². The van der Waals surface area contributed by atoms with Crippen molar-refractivity contribution >= 4 is 5.91 Å². The molecule has 2 aliphatic rings. The molecule has 2 fully saturated rings. The Hall–Kier alpha value is -0.610. The Balaban J connectivity index is 1.73. The average molecular weight is 240 g/mol. The third-order valence-electron chi connectivity index (χ3n) is 4.08. The Labute approximate surface area is 104 Å². The van der Waals surface area contributed by atoms with E-state index in [0.717, 1.165) is 52.0 Å². The lowest BCUT2D eigenvalue weighted by atomic mass is 9.93. The molecule has 0 radical (unpaired) electrons. The zero-order valence-electron chi connectivity index (χ0n) is 10.8. The van der Waals surface area contributed by atoms with Crippen molar-refractivity contribution in [3.63, 3.8) is 0 Å². The van der Waals surface area contributed by atoms with Crippen molar-refractivity contribution in [3.05, 3.63) is 0 Å². The van der Waals surface area contributed by atoms with Gasteiger partial charge in [-0.25, -0.2) is 0 Å². The molecule has 2 saturated heterocycles. The van der Waals surface area contributed by atoms with Crippen molar-refractivity contribution in [3.8, 4) is 0 Å². The summed E-state index contributed by atoms with van der Waals surface area (Å²) in [6.45, 7) is 6.76. The smallest absolute Gasteiger partial charge is 0.222 e. The number of amides is 1. The molecule has 0 aliphatic carbocycles. The van der Waals surface area contributed by atoms with Gasteiger partial charge in [0.25, 0.3) is 0 Å². The molecule has 0 aromatic heterocycles. The van der Waals surface area contributed by atoms with Gasteiger partial charge in [0.05, 0.1) is 6.10 Å². The van der Waals surface area contributed by atoms with Crippen LogP contribution in [0.4, 0.5) is 0 Å². The molecule has 2 atom stereocenters. The molecule has 0 bridgehead atoms. The number of rotatable bonds is 4. The first-order valence-electron chi connectivity index (χ1n) is 6.85. The van der Waals surface area contributed by atoms with Crippen LogP contribution in [-0.2, 0) is 4.79 Å². The predicted molar refractivity (Wildman–Crippen MR) is 66.7 cm³/mol. The third kappa shape index (κ3) is 3.42. The summed E-state index contributed by atoms with van der Waals surface area (Å²) in [5, 5.41) is 9.63. The fourth-order valence-electron chi connectivity index (χ4n) is 2.89. The molecule has 98 valence electrons. The fourth-order valence-corrected chi connectivity index (χ4v) is 2.89. The van der Waals surface area contributed by atoms with E-state index < -0.39 is 0 Å². The van der Waals surface area contributed by atoms with E-state index in [0.29, 0.717) is 11.8 Å². The lowest BCUT2D eigenvalue weighted by Gasteiger charge is -2.34. The second kappa shape index (κ2) is 5.83. The Morgan fingerprint density at radius 3 is 2.82 bits per heavy atom. The topological polar surface area (TPSA) is 43.8 Å². The van der Waals surface area contributed by atoms with Gasteiger partial charge < -0.3 is 14.9 Å².